The molecule has 3 aromatic rings. The van der Waals surface area contributed by atoms with Crippen LogP contribution in [-0.2, 0) is 16.4 Å². The number of halogens is 3. The number of hydrogen-bond acceptors (Lipinski definition) is 3. The summed E-state index contributed by atoms with van der Waals surface area (Å²) in [5.74, 6) is 1.18. The summed E-state index contributed by atoms with van der Waals surface area (Å²) in [6.07, 6.45) is 2.26. The van der Waals surface area contributed by atoms with E-state index < -0.39 is 17.2 Å². The molecule has 0 saturated carbocycles. The Kier molecular flexibility index (Phi) is 7.43. The standard InChI is InChI=1S/C34H43F3N4O/c1-23-38-29-10-5-6-11-30(29)41(23)28-21-26-12-13-27(22-28)40(26)19-16-33(24-8-7-9-25(20-24)34(35,36)37)14-17-39(18-15-33)31(42)32(2,3)4/h5-11,20,26-28H,12-19,21-22H2,1-4H3/t26-,27?,28?/m1/s1. The molecule has 0 spiro atoms. The topological polar surface area (TPSA) is 41.4 Å². The molecule has 0 N–H and O–H groups in total. The van der Waals surface area contributed by atoms with Crippen LogP contribution in [0.4, 0.5) is 13.2 Å². The van der Waals surface area contributed by atoms with E-state index in [1.165, 1.54) is 17.6 Å². The van der Waals surface area contributed by atoms with Gasteiger partial charge in [0.1, 0.15) is 5.82 Å². The summed E-state index contributed by atoms with van der Waals surface area (Å²) in [5, 5.41) is 0. The van der Waals surface area contributed by atoms with Gasteiger partial charge in [0, 0.05) is 36.6 Å². The lowest BCUT2D eigenvalue weighted by Crippen LogP contribution is -2.50. The quantitative estimate of drug-likeness (QED) is 0.313. The van der Waals surface area contributed by atoms with Crippen molar-refractivity contribution in [3.05, 3.63) is 65.5 Å². The summed E-state index contributed by atoms with van der Waals surface area (Å²) in [7, 11) is 0. The van der Waals surface area contributed by atoms with Crippen molar-refractivity contribution >= 4 is 16.9 Å². The number of imidazole rings is 1. The largest absolute Gasteiger partial charge is 0.416 e. The van der Waals surface area contributed by atoms with Crippen LogP contribution in [0.5, 0.6) is 0 Å². The van der Waals surface area contributed by atoms with E-state index in [1.54, 1.807) is 6.07 Å². The van der Waals surface area contributed by atoms with Gasteiger partial charge in [-0.1, -0.05) is 51.1 Å². The van der Waals surface area contributed by atoms with Gasteiger partial charge >= 0.3 is 6.18 Å². The molecule has 3 fully saturated rings. The van der Waals surface area contributed by atoms with E-state index in [4.69, 9.17) is 4.98 Å². The Balaban J connectivity index is 1.22. The first-order valence-corrected chi connectivity index (χ1v) is 15.5. The van der Waals surface area contributed by atoms with Gasteiger partial charge in [-0.2, -0.15) is 13.2 Å². The van der Waals surface area contributed by atoms with E-state index >= 15 is 0 Å². The van der Waals surface area contributed by atoms with Crippen LogP contribution >= 0.6 is 0 Å². The fourth-order valence-electron chi connectivity index (χ4n) is 8.11. The zero-order chi connectivity index (χ0) is 29.9. The molecular formula is C34H43F3N4O. The molecule has 226 valence electrons. The Morgan fingerprint density at radius 2 is 1.62 bits per heavy atom. The van der Waals surface area contributed by atoms with E-state index in [0.717, 1.165) is 55.6 Å². The highest BCUT2D eigenvalue weighted by molar-refractivity contribution is 5.81. The SMILES string of the molecule is Cc1nc2ccccc2n1C1CC2CC[C@H](C1)N2CCC1(c2cccc(C(F)(F)F)c2)CCN(C(=O)C(C)(C)C)CC1. The maximum Gasteiger partial charge on any atom is 0.416 e. The number of piperidine rings is 2. The summed E-state index contributed by atoms with van der Waals surface area (Å²) in [6.45, 7) is 9.91. The molecule has 2 aromatic carbocycles. The number of hydrogen-bond donors (Lipinski definition) is 0. The van der Waals surface area contributed by atoms with Gasteiger partial charge in [0.15, 0.2) is 0 Å². The number of benzene rings is 2. The number of aryl methyl sites for hydroxylation is 1. The molecule has 0 aliphatic carbocycles. The average molecular weight is 581 g/mol. The third kappa shape index (κ3) is 5.36. The van der Waals surface area contributed by atoms with Gasteiger partial charge in [-0.15, -0.1) is 0 Å². The van der Waals surface area contributed by atoms with Crippen LogP contribution in [0.15, 0.2) is 48.5 Å². The highest BCUT2D eigenvalue weighted by atomic mass is 19.4. The van der Waals surface area contributed by atoms with Crippen molar-refractivity contribution in [3.8, 4) is 0 Å². The molecule has 5 nitrogen and oxygen atoms in total. The maximum absolute atomic E-state index is 13.8. The van der Waals surface area contributed by atoms with Crippen LogP contribution in [0, 0.1) is 12.3 Å². The monoisotopic (exact) mass is 580 g/mol. The van der Waals surface area contributed by atoms with E-state index in [-0.39, 0.29) is 11.3 Å². The molecule has 3 atom stereocenters. The second kappa shape index (κ2) is 10.7. The molecule has 1 aromatic heterocycles. The first-order chi connectivity index (χ1) is 19.9. The van der Waals surface area contributed by atoms with Crippen LogP contribution in [0.1, 0.15) is 88.7 Å². The van der Waals surface area contributed by atoms with E-state index in [1.807, 2.05) is 37.8 Å². The minimum Gasteiger partial charge on any atom is -0.342 e. The van der Waals surface area contributed by atoms with Crippen molar-refractivity contribution in [2.24, 2.45) is 5.41 Å². The minimum atomic E-state index is -4.38. The lowest BCUT2D eigenvalue weighted by Gasteiger charge is -2.46. The van der Waals surface area contributed by atoms with Crippen molar-refractivity contribution in [1.29, 1.82) is 0 Å². The third-order valence-corrected chi connectivity index (χ3v) is 10.3. The highest BCUT2D eigenvalue weighted by Crippen LogP contribution is 2.46. The summed E-state index contributed by atoms with van der Waals surface area (Å²) in [6, 6.07) is 15.7. The van der Waals surface area contributed by atoms with Crippen molar-refractivity contribution in [1.82, 2.24) is 19.4 Å². The van der Waals surface area contributed by atoms with E-state index in [9.17, 15) is 18.0 Å². The molecule has 8 heteroatoms. The van der Waals surface area contributed by atoms with Gasteiger partial charge in [0.25, 0.3) is 0 Å². The lowest BCUT2D eigenvalue weighted by atomic mass is 9.69. The second-order valence-electron chi connectivity index (χ2n) is 13.9. The molecule has 3 aliphatic rings. The highest BCUT2D eigenvalue weighted by Gasteiger charge is 2.45. The number of alkyl halides is 3. The van der Waals surface area contributed by atoms with Crippen molar-refractivity contribution in [3.63, 3.8) is 0 Å². The van der Waals surface area contributed by atoms with Crippen LogP contribution in [-0.4, -0.2) is 57.0 Å². The Morgan fingerprint density at radius 3 is 2.26 bits per heavy atom. The fourth-order valence-corrected chi connectivity index (χ4v) is 8.11. The van der Waals surface area contributed by atoms with Gasteiger partial charge < -0.3 is 9.47 Å². The van der Waals surface area contributed by atoms with Crippen molar-refractivity contribution in [2.45, 2.75) is 102 Å². The Bertz CT molecular complexity index is 1430. The summed E-state index contributed by atoms with van der Waals surface area (Å²) in [4.78, 5) is 22.4. The molecular weight excluding hydrogens is 537 g/mol. The van der Waals surface area contributed by atoms with Gasteiger partial charge in [-0.05, 0) is 87.6 Å². The van der Waals surface area contributed by atoms with E-state index in [2.05, 4.69) is 34.6 Å². The van der Waals surface area contributed by atoms with Gasteiger partial charge in [0.2, 0.25) is 5.91 Å². The van der Waals surface area contributed by atoms with Gasteiger partial charge in [-0.25, -0.2) is 4.98 Å². The predicted octanol–water partition coefficient (Wildman–Crippen LogP) is 7.53. The number of aromatic nitrogens is 2. The molecule has 0 radical (unpaired) electrons. The van der Waals surface area contributed by atoms with Crippen LogP contribution in [0.2, 0.25) is 0 Å². The molecule has 1 amide bonds. The first-order valence-electron chi connectivity index (χ1n) is 15.5. The fraction of sp³-hybridized carbons (Fsp3) is 0.588. The molecule has 3 saturated heterocycles. The number of amides is 1. The number of likely N-dealkylation sites (tertiary alicyclic amines) is 1. The van der Waals surface area contributed by atoms with Gasteiger partial charge in [-0.3, -0.25) is 9.69 Å². The number of fused-ring (bicyclic) bond motifs is 3. The number of nitrogens with zero attached hydrogens (tertiary/aromatic N) is 4. The molecule has 42 heavy (non-hydrogen) atoms. The van der Waals surface area contributed by atoms with Crippen LogP contribution in [0.25, 0.3) is 11.0 Å². The average Bonchev–Trinajstić information content (AvgIpc) is 3.41. The third-order valence-electron chi connectivity index (χ3n) is 10.3. The zero-order valence-corrected chi connectivity index (χ0v) is 25.3. The lowest BCUT2D eigenvalue weighted by molar-refractivity contribution is -0.141. The smallest absolute Gasteiger partial charge is 0.342 e. The van der Waals surface area contributed by atoms with Crippen LogP contribution < -0.4 is 0 Å². The molecule has 4 heterocycles. The Labute approximate surface area is 247 Å². The van der Waals surface area contributed by atoms with Crippen LogP contribution in [0.3, 0.4) is 0 Å². The number of rotatable bonds is 5. The second-order valence-corrected chi connectivity index (χ2v) is 13.9. The Hall–Kier alpha value is -2.87. The van der Waals surface area contributed by atoms with Crippen molar-refractivity contribution in [2.75, 3.05) is 19.6 Å². The Morgan fingerprint density at radius 1 is 0.952 bits per heavy atom. The van der Waals surface area contributed by atoms with Gasteiger partial charge in [0.05, 0.1) is 16.6 Å². The van der Waals surface area contributed by atoms with E-state index in [0.29, 0.717) is 44.1 Å². The predicted molar refractivity (Wildman–Crippen MR) is 159 cm³/mol. The minimum absolute atomic E-state index is 0.113. The number of carbonyl (C=O) groups is 1. The normalized spacial score (nSPS) is 24.8. The van der Waals surface area contributed by atoms with Crippen molar-refractivity contribution < 1.29 is 18.0 Å². The summed E-state index contributed by atoms with van der Waals surface area (Å²) < 4.78 is 43.7. The molecule has 3 aliphatic heterocycles. The molecule has 2 bridgehead atoms. The molecule has 6 rings (SSSR count). The number of carbonyl (C=O) groups excluding carboxylic acids is 1. The first kappa shape index (κ1) is 29.2. The molecule has 2 unspecified atom stereocenters. The maximum atomic E-state index is 13.8. The number of para-hydroxylation sites is 2. The summed E-state index contributed by atoms with van der Waals surface area (Å²) in [5.41, 5.74) is 1.57. The zero-order valence-electron chi connectivity index (χ0n) is 25.3. The summed E-state index contributed by atoms with van der Waals surface area (Å²) >= 11 is 0.